The number of halogens is 1. The summed E-state index contributed by atoms with van der Waals surface area (Å²) in [7, 11) is 1.58. The summed E-state index contributed by atoms with van der Waals surface area (Å²) in [5.74, 6) is 1.11. The van der Waals surface area contributed by atoms with Gasteiger partial charge in [0.15, 0.2) is 5.82 Å². The number of ether oxygens (including phenoxy) is 1. The van der Waals surface area contributed by atoms with Crippen LogP contribution in [0.2, 0.25) is 0 Å². The molecule has 1 aromatic carbocycles. The zero-order valence-electron chi connectivity index (χ0n) is 17.1. The van der Waals surface area contributed by atoms with Gasteiger partial charge in [-0.1, -0.05) is 12.1 Å². The number of aromatic nitrogens is 3. The fourth-order valence-corrected chi connectivity index (χ4v) is 4.51. The number of benzene rings is 1. The molecule has 0 N–H and O–H groups in total. The molecule has 0 saturated heterocycles. The molecule has 4 aromatic rings. The predicted molar refractivity (Wildman–Crippen MR) is 119 cm³/mol. The molecule has 4 heterocycles. The number of fused-ring (bicyclic) bond motifs is 1. The maximum atomic E-state index is 13.7. The SMILES string of the molecule is COc1ccc(F)cc1-c1ccc(CN2CCc3nc(-c4cccs4)ncc3C2)cn1. The number of thiophene rings is 1. The molecule has 0 spiro atoms. The minimum Gasteiger partial charge on any atom is -0.496 e. The number of rotatable bonds is 5. The van der Waals surface area contributed by atoms with Crippen LogP contribution < -0.4 is 4.74 Å². The first kappa shape index (κ1) is 19.8. The smallest absolute Gasteiger partial charge is 0.169 e. The summed E-state index contributed by atoms with van der Waals surface area (Å²) in [6, 6.07) is 12.5. The normalized spacial score (nSPS) is 13.7. The van der Waals surface area contributed by atoms with E-state index in [0.717, 1.165) is 48.0 Å². The van der Waals surface area contributed by atoms with Gasteiger partial charge in [0.25, 0.3) is 0 Å². The van der Waals surface area contributed by atoms with Gasteiger partial charge in [0.1, 0.15) is 11.6 Å². The van der Waals surface area contributed by atoms with Crippen molar-refractivity contribution in [2.45, 2.75) is 19.5 Å². The molecule has 0 saturated carbocycles. The highest BCUT2D eigenvalue weighted by Crippen LogP contribution is 2.30. The van der Waals surface area contributed by atoms with Crippen LogP contribution in [0.5, 0.6) is 5.75 Å². The maximum Gasteiger partial charge on any atom is 0.169 e. The fourth-order valence-electron chi connectivity index (χ4n) is 3.85. The molecule has 0 unspecified atom stereocenters. The number of methoxy groups -OCH3 is 1. The molecule has 3 aromatic heterocycles. The number of hydrogen-bond acceptors (Lipinski definition) is 6. The van der Waals surface area contributed by atoms with Crippen LogP contribution in [0.15, 0.2) is 60.2 Å². The molecule has 31 heavy (non-hydrogen) atoms. The minimum atomic E-state index is -0.307. The second-order valence-corrected chi connectivity index (χ2v) is 8.45. The highest BCUT2D eigenvalue weighted by Gasteiger charge is 2.19. The maximum absolute atomic E-state index is 13.7. The van der Waals surface area contributed by atoms with E-state index in [1.807, 2.05) is 36.0 Å². The van der Waals surface area contributed by atoms with Crippen LogP contribution in [0.25, 0.3) is 22.0 Å². The monoisotopic (exact) mass is 432 g/mol. The summed E-state index contributed by atoms with van der Waals surface area (Å²) in [5, 5.41) is 2.05. The third-order valence-electron chi connectivity index (χ3n) is 5.42. The molecular weight excluding hydrogens is 411 g/mol. The van der Waals surface area contributed by atoms with E-state index in [9.17, 15) is 4.39 Å². The third-order valence-corrected chi connectivity index (χ3v) is 6.29. The Hall–Kier alpha value is -3.16. The average molecular weight is 433 g/mol. The zero-order valence-corrected chi connectivity index (χ0v) is 17.9. The van der Waals surface area contributed by atoms with Gasteiger partial charge in [-0.25, -0.2) is 14.4 Å². The highest BCUT2D eigenvalue weighted by molar-refractivity contribution is 7.13. The summed E-state index contributed by atoms with van der Waals surface area (Å²) >= 11 is 1.66. The van der Waals surface area contributed by atoms with Gasteiger partial charge in [0, 0.05) is 49.6 Å². The van der Waals surface area contributed by atoms with Crippen LogP contribution in [-0.4, -0.2) is 33.5 Å². The average Bonchev–Trinajstić information content (AvgIpc) is 3.34. The van der Waals surface area contributed by atoms with Crippen LogP contribution in [0, 0.1) is 5.82 Å². The van der Waals surface area contributed by atoms with E-state index in [2.05, 4.69) is 20.9 Å². The summed E-state index contributed by atoms with van der Waals surface area (Å²) < 4.78 is 19.0. The van der Waals surface area contributed by atoms with Crippen LogP contribution >= 0.6 is 11.3 Å². The molecule has 0 aliphatic carbocycles. The fraction of sp³-hybridized carbons (Fsp3) is 0.208. The number of hydrogen-bond donors (Lipinski definition) is 0. The number of pyridine rings is 1. The Balaban J connectivity index is 1.29. The molecule has 0 fully saturated rings. The molecular formula is C24H21FN4OS. The van der Waals surface area contributed by atoms with Crippen LogP contribution in [0.1, 0.15) is 16.8 Å². The zero-order chi connectivity index (χ0) is 21.2. The van der Waals surface area contributed by atoms with Gasteiger partial charge in [0.05, 0.1) is 23.4 Å². The van der Waals surface area contributed by atoms with Gasteiger partial charge < -0.3 is 4.74 Å². The topological polar surface area (TPSA) is 51.1 Å². The molecule has 1 aliphatic rings. The van der Waals surface area contributed by atoms with E-state index >= 15 is 0 Å². The Kier molecular flexibility index (Phi) is 5.44. The van der Waals surface area contributed by atoms with Gasteiger partial charge >= 0.3 is 0 Å². The van der Waals surface area contributed by atoms with Crippen molar-refractivity contribution in [1.29, 1.82) is 0 Å². The Morgan fingerprint density at radius 2 is 2.06 bits per heavy atom. The van der Waals surface area contributed by atoms with Crippen molar-refractivity contribution < 1.29 is 9.13 Å². The van der Waals surface area contributed by atoms with Gasteiger partial charge in [-0.15, -0.1) is 11.3 Å². The quantitative estimate of drug-likeness (QED) is 0.446. The first-order valence-electron chi connectivity index (χ1n) is 10.1. The lowest BCUT2D eigenvalue weighted by atomic mass is 10.1. The first-order chi connectivity index (χ1) is 15.2. The minimum absolute atomic E-state index is 0.307. The van der Waals surface area contributed by atoms with Gasteiger partial charge in [-0.3, -0.25) is 9.88 Å². The van der Waals surface area contributed by atoms with E-state index in [0.29, 0.717) is 17.0 Å². The Morgan fingerprint density at radius 3 is 2.84 bits per heavy atom. The predicted octanol–water partition coefficient (Wildman–Crippen LogP) is 4.97. The highest BCUT2D eigenvalue weighted by atomic mass is 32.1. The number of nitrogens with zero attached hydrogens (tertiary/aromatic N) is 4. The molecule has 1 aliphatic heterocycles. The molecule has 0 amide bonds. The van der Waals surface area contributed by atoms with Crippen molar-refractivity contribution in [3.8, 4) is 27.7 Å². The molecule has 5 rings (SSSR count). The molecule has 5 nitrogen and oxygen atoms in total. The Morgan fingerprint density at radius 1 is 1.13 bits per heavy atom. The van der Waals surface area contributed by atoms with Crippen LogP contribution in [-0.2, 0) is 19.5 Å². The van der Waals surface area contributed by atoms with Gasteiger partial charge in [-0.2, -0.15) is 0 Å². The van der Waals surface area contributed by atoms with E-state index in [-0.39, 0.29) is 5.82 Å². The first-order valence-corrected chi connectivity index (χ1v) is 11.0. The summed E-state index contributed by atoms with van der Waals surface area (Å²) in [5.41, 5.74) is 4.78. The largest absolute Gasteiger partial charge is 0.496 e. The van der Waals surface area contributed by atoms with Crippen molar-refractivity contribution in [2.75, 3.05) is 13.7 Å². The second kappa shape index (κ2) is 8.53. The van der Waals surface area contributed by atoms with E-state index in [1.54, 1.807) is 24.5 Å². The standard InChI is InChI=1S/C24H21FN4OS/c1-30-22-7-5-18(25)11-19(22)21-6-4-16(12-26-21)14-29-9-8-20-17(15-29)13-27-24(28-20)23-3-2-10-31-23/h2-7,10-13H,8-9,14-15H2,1H3. The van der Waals surface area contributed by atoms with Crippen molar-refractivity contribution in [2.24, 2.45) is 0 Å². The summed E-state index contributed by atoms with van der Waals surface area (Å²) in [6.07, 6.45) is 4.72. The summed E-state index contributed by atoms with van der Waals surface area (Å²) in [6.45, 7) is 2.55. The molecule has 0 atom stereocenters. The van der Waals surface area contributed by atoms with Gasteiger partial charge in [-0.05, 0) is 41.3 Å². The van der Waals surface area contributed by atoms with Crippen molar-refractivity contribution in [1.82, 2.24) is 19.9 Å². The van der Waals surface area contributed by atoms with Crippen molar-refractivity contribution >= 4 is 11.3 Å². The Bertz CT molecular complexity index is 1190. The molecule has 156 valence electrons. The third kappa shape index (κ3) is 4.19. The van der Waals surface area contributed by atoms with Gasteiger partial charge in [0.2, 0.25) is 0 Å². The van der Waals surface area contributed by atoms with Crippen molar-refractivity contribution in [3.05, 3.63) is 82.9 Å². The lowest BCUT2D eigenvalue weighted by Crippen LogP contribution is -2.31. The molecule has 7 heteroatoms. The molecule has 0 bridgehead atoms. The van der Waals surface area contributed by atoms with Crippen molar-refractivity contribution in [3.63, 3.8) is 0 Å². The van der Waals surface area contributed by atoms with Crippen LogP contribution in [0.4, 0.5) is 4.39 Å². The lowest BCUT2D eigenvalue weighted by Gasteiger charge is -2.28. The summed E-state index contributed by atoms with van der Waals surface area (Å²) in [4.78, 5) is 17.4. The lowest BCUT2D eigenvalue weighted by molar-refractivity contribution is 0.242. The van der Waals surface area contributed by atoms with E-state index in [4.69, 9.17) is 9.72 Å². The molecule has 0 radical (unpaired) electrons. The second-order valence-electron chi connectivity index (χ2n) is 7.50. The van der Waals surface area contributed by atoms with E-state index < -0.39 is 0 Å². The van der Waals surface area contributed by atoms with Crippen LogP contribution in [0.3, 0.4) is 0 Å². The Labute approximate surface area is 184 Å². The van der Waals surface area contributed by atoms with E-state index in [1.165, 1.54) is 17.7 Å².